The van der Waals surface area contributed by atoms with Crippen molar-refractivity contribution in [1.82, 2.24) is 14.9 Å². The average Bonchev–Trinajstić information content (AvgIpc) is 2.75. The molecule has 3 nitrogen and oxygen atoms in total. The van der Waals surface area contributed by atoms with E-state index in [0.29, 0.717) is 18.6 Å². The summed E-state index contributed by atoms with van der Waals surface area (Å²) >= 11 is 0. The Labute approximate surface area is 123 Å². The predicted octanol–water partition coefficient (Wildman–Crippen LogP) is 3.19. The van der Waals surface area contributed by atoms with Crippen molar-refractivity contribution in [3.05, 3.63) is 58.9 Å². The highest BCUT2D eigenvalue weighted by molar-refractivity contribution is 5.29. The monoisotopic (exact) mass is 283 g/mol. The van der Waals surface area contributed by atoms with E-state index in [0.717, 1.165) is 30.7 Å². The van der Waals surface area contributed by atoms with Gasteiger partial charge in [0.2, 0.25) is 0 Å². The summed E-state index contributed by atoms with van der Waals surface area (Å²) in [4.78, 5) is 11.4. The molecule has 0 radical (unpaired) electrons. The number of rotatable bonds is 2. The van der Waals surface area contributed by atoms with Crippen LogP contribution in [-0.4, -0.2) is 20.9 Å². The van der Waals surface area contributed by atoms with Crippen LogP contribution in [0.2, 0.25) is 0 Å². The smallest absolute Gasteiger partial charge is 0.127 e. The lowest BCUT2D eigenvalue weighted by atomic mass is 9.98. The van der Waals surface area contributed by atoms with E-state index in [1.165, 1.54) is 11.3 Å². The van der Waals surface area contributed by atoms with Crippen molar-refractivity contribution < 1.29 is 4.39 Å². The first-order valence-electron chi connectivity index (χ1n) is 7.54. The van der Waals surface area contributed by atoms with Gasteiger partial charge in [0, 0.05) is 42.4 Å². The van der Waals surface area contributed by atoms with E-state index in [-0.39, 0.29) is 5.82 Å². The molecule has 2 atom stereocenters. The van der Waals surface area contributed by atoms with Crippen molar-refractivity contribution in [3.8, 4) is 0 Å². The normalized spacial score (nSPS) is 24.1. The Kier molecular flexibility index (Phi) is 3.00. The molecule has 2 aromatic rings. The minimum absolute atomic E-state index is 0.108. The molecule has 0 spiro atoms. The molecule has 2 aliphatic rings. The van der Waals surface area contributed by atoms with Gasteiger partial charge in [0.25, 0.3) is 0 Å². The van der Waals surface area contributed by atoms with Crippen molar-refractivity contribution >= 4 is 0 Å². The number of fused-ring (bicyclic) bond motifs is 4. The van der Waals surface area contributed by atoms with Crippen LogP contribution in [0, 0.1) is 12.7 Å². The van der Waals surface area contributed by atoms with Gasteiger partial charge in [-0.1, -0.05) is 18.2 Å². The Morgan fingerprint density at radius 3 is 3.00 bits per heavy atom. The van der Waals surface area contributed by atoms with Crippen molar-refractivity contribution in [1.29, 1.82) is 0 Å². The summed E-state index contributed by atoms with van der Waals surface area (Å²) < 4.78 is 13.9. The fourth-order valence-electron chi connectivity index (χ4n) is 3.74. The van der Waals surface area contributed by atoms with Crippen LogP contribution in [0.15, 0.2) is 30.5 Å². The molecule has 0 unspecified atom stereocenters. The third kappa shape index (κ3) is 2.14. The summed E-state index contributed by atoms with van der Waals surface area (Å²) in [7, 11) is 0. The molecule has 0 amide bonds. The molecule has 4 heteroatoms. The largest absolute Gasteiger partial charge is 0.289 e. The molecule has 1 aromatic carbocycles. The minimum Gasteiger partial charge on any atom is -0.289 e. The third-order valence-corrected chi connectivity index (χ3v) is 4.76. The van der Waals surface area contributed by atoms with Crippen LogP contribution in [0.25, 0.3) is 0 Å². The Morgan fingerprint density at radius 2 is 2.14 bits per heavy atom. The molecule has 0 aliphatic carbocycles. The van der Waals surface area contributed by atoms with Crippen LogP contribution in [0.5, 0.6) is 0 Å². The third-order valence-electron chi connectivity index (χ3n) is 4.76. The SMILES string of the molecule is Cc1ncc2c(n1)C[C@H]1CC[C@@H]2N1Cc1ccccc1F. The van der Waals surface area contributed by atoms with Gasteiger partial charge < -0.3 is 0 Å². The van der Waals surface area contributed by atoms with Crippen molar-refractivity contribution in [2.24, 2.45) is 0 Å². The van der Waals surface area contributed by atoms with Gasteiger partial charge >= 0.3 is 0 Å². The van der Waals surface area contributed by atoms with Gasteiger partial charge in [-0.05, 0) is 25.8 Å². The van der Waals surface area contributed by atoms with E-state index in [2.05, 4.69) is 14.9 Å². The molecule has 1 saturated heterocycles. The van der Waals surface area contributed by atoms with E-state index in [1.54, 1.807) is 12.1 Å². The lowest BCUT2D eigenvalue weighted by Crippen LogP contribution is -2.37. The first-order valence-corrected chi connectivity index (χ1v) is 7.54. The van der Waals surface area contributed by atoms with Crippen LogP contribution < -0.4 is 0 Å². The molecular weight excluding hydrogens is 265 g/mol. The van der Waals surface area contributed by atoms with Gasteiger partial charge in [-0.15, -0.1) is 0 Å². The summed E-state index contributed by atoms with van der Waals surface area (Å²) in [5, 5.41) is 0. The summed E-state index contributed by atoms with van der Waals surface area (Å²) in [6.07, 6.45) is 5.22. The van der Waals surface area contributed by atoms with Gasteiger partial charge in [-0.3, -0.25) is 4.90 Å². The van der Waals surface area contributed by atoms with Gasteiger partial charge in [0.05, 0.1) is 5.69 Å². The Bertz CT molecular complexity index is 685. The zero-order chi connectivity index (χ0) is 14.4. The Balaban J connectivity index is 1.67. The van der Waals surface area contributed by atoms with Crippen molar-refractivity contribution in [2.75, 3.05) is 0 Å². The highest BCUT2D eigenvalue weighted by atomic mass is 19.1. The van der Waals surface area contributed by atoms with E-state index < -0.39 is 0 Å². The molecule has 1 fully saturated rings. The van der Waals surface area contributed by atoms with E-state index in [1.807, 2.05) is 25.3 Å². The number of nitrogens with zero attached hydrogens (tertiary/aromatic N) is 3. The number of benzene rings is 1. The van der Waals surface area contributed by atoms with Crippen LogP contribution in [0.1, 0.15) is 41.5 Å². The lowest BCUT2D eigenvalue weighted by molar-refractivity contribution is 0.164. The molecule has 2 bridgehead atoms. The van der Waals surface area contributed by atoms with Crippen molar-refractivity contribution in [3.63, 3.8) is 0 Å². The van der Waals surface area contributed by atoms with E-state index in [4.69, 9.17) is 0 Å². The molecular formula is C17H18FN3. The van der Waals surface area contributed by atoms with Gasteiger partial charge in [-0.25, -0.2) is 14.4 Å². The van der Waals surface area contributed by atoms with Crippen LogP contribution >= 0.6 is 0 Å². The average molecular weight is 283 g/mol. The molecule has 3 heterocycles. The lowest BCUT2D eigenvalue weighted by Gasteiger charge is -2.35. The zero-order valence-electron chi connectivity index (χ0n) is 12.1. The highest BCUT2D eigenvalue weighted by Gasteiger charge is 2.40. The predicted molar refractivity (Wildman–Crippen MR) is 78.2 cm³/mol. The number of aromatic nitrogens is 2. The topological polar surface area (TPSA) is 29.0 Å². The molecule has 0 saturated carbocycles. The molecule has 108 valence electrons. The fraction of sp³-hybridized carbons (Fsp3) is 0.412. The second-order valence-electron chi connectivity index (χ2n) is 6.03. The van der Waals surface area contributed by atoms with Gasteiger partial charge in [-0.2, -0.15) is 0 Å². The zero-order valence-corrected chi connectivity index (χ0v) is 12.1. The first-order chi connectivity index (χ1) is 10.2. The maximum Gasteiger partial charge on any atom is 0.127 e. The number of hydrogen-bond donors (Lipinski definition) is 0. The van der Waals surface area contributed by atoms with E-state index in [9.17, 15) is 4.39 Å². The fourth-order valence-corrected chi connectivity index (χ4v) is 3.74. The highest BCUT2D eigenvalue weighted by Crippen LogP contribution is 2.43. The number of aryl methyl sites for hydroxylation is 1. The molecule has 1 aromatic heterocycles. The maximum atomic E-state index is 13.9. The molecule has 0 N–H and O–H groups in total. The van der Waals surface area contributed by atoms with Crippen LogP contribution in [-0.2, 0) is 13.0 Å². The van der Waals surface area contributed by atoms with Crippen molar-refractivity contribution in [2.45, 2.75) is 44.8 Å². The minimum atomic E-state index is -0.108. The van der Waals surface area contributed by atoms with Gasteiger partial charge in [0.1, 0.15) is 11.6 Å². The van der Waals surface area contributed by atoms with Crippen LogP contribution in [0.3, 0.4) is 0 Å². The Hall–Kier alpha value is -1.81. The second kappa shape index (κ2) is 4.88. The summed E-state index contributed by atoms with van der Waals surface area (Å²) in [6, 6.07) is 7.91. The van der Waals surface area contributed by atoms with E-state index >= 15 is 0 Å². The van der Waals surface area contributed by atoms with Gasteiger partial charge in [0.15, 0.2) is 0 Å². The summed E-state index contributed by atoms with van der Waals surface area (Å²) in [5.74, 6) is 0.735. The molecule has 4 rings (SSSR count). The quantitative estimate of drug-likeness (QED) is 0.847. The molecule has 21 heavy (non-hydrogen) atoms. The summed E-state index contributed by atoms with van der Waals surface area (Å²) in [5.41, 5.74) is 3.22. The number of hydrogen-bond acceptors (Lipinski definition) is 3. The Morgan fingerprint density at radius 1 is 1.29 bits per heavy atom. The molecule has 2 aliphatic heterocycles. The standard InChI is InChI=1S/C17H18FN3/c1-11-19-9-14-16(20-11)8-13-6-7-17(14)21(13)10-12-4-2-3-5-15(12)18/h2-5,9,13,17H,6-8,10H2,1H3/t13-,17+/m1/s1. The second-order valence-corrected chi connectivity index (χ2v) is 6.03. The number of halogens is 1. The van der Waals surface area contributed by atoms with Crippen LogP contribution in [0.4, 0.5) is 4.39 Å². The first kappa shape index (κ1) is 12.9. The maximum absolute atomic E-state index is 13.9. The summed E-state index contributed by atoms with van der Waals surface area (Å²) in [6.45, 7) is 2.61.